The van der Waals surface area contributed by atoms with Gasteiger partial charge in [-0.1, -0.05) is 29.4 Å². The summed E-state index contributed by atoms with van der Waals surface area (Å²) in [5.41, 5.74) is 0.984. The quantitative estimate of drug-likeness (QED) is 0.653. The second-order valence-electron chi connectivity index (χ2n) is 6.29. The highest BCUT2D eigenvalue weighted by Crippen LogP contribution is 2.49. The minimum Gasteiger partial charge on any atom is -0.356 e. The molecule has 132 valence electrons. The van der Waals surface area contributed by atoms with E-state index in [1.807, 2.05) is 30.5 Å². The number of para-hydroxylation sites is 1. The lowest BCUT2D eigenvalue weighted by Crippen LogP contribution is -2.28. The number of benzene rings is 2. The number of halogens is 1. The van der Waals surface area contributed by atoms with Crippen LogP contribution in [-0.4, -0.2) is 17.3 Å². The van der Waals surface area contributed by atoms with Crippen LogP contribution in [0.2, 0.25) is 0 Å². The number of amides is 1. The Bertz CT molecular complexity index is 966. The molecule has 1 saturated carbocycles. The van der Waals surface area contributed by atoms with Crippen molar-refractivity contribution in [1.82, 2.24) is 5.16 Å². The normalized spacial score (nSPS) is 14.8. The van der Waals surface area contributed by atoms with Crippen molar-refractivity contribution >= 4 is 23.4 Å². The summed E-state index contributed by atoms with van der Waals surface area (Å²) in [5.74, 6) is -0.146. The van der Waals surface area contributed by atoms with E-state index in [0.717, 1.165) is 10.6 Å². The van der Waals surface area contributed by atoms with Gasteiger partial charge in [0.2, 0.25) is 5.91 Å². The Morgan fingerprint density at radius 1 is 1.19 bits per heavy atom. The molecule has 1 aliphatic rings. The minimum absolute atomic E-state index is 0.104. The van der Waals surface area contributed by atoms with Gasteiger partial charge in [0.25, 0.3) is 0 Å². The number of aromatic nitrogens is 1. The highest BCUT2D eigenvalue weighted by molar-refractivity contribution is 7.98. The molecule has 0 bridgehead atoms. The standard InChI is InChI=1S/C20H17FN2O2S/c1-26-17-9-5-4-8-15(17)22-19(24)20(10-11-20)18-12-16(25-23-18)13-6-2-3-7-14(13)21/h2-9,12H,10-11H2,1H3,(H,22,24). The van der Waals surface area contributed by atoms with E-state index in [1.54, 1.807) is 36.0 Å². The lowest BCUT2D eigenvalue weighted by atomic mass is 10.00. The molecule has 1 amide bonds. The number of hydrogen-bond acceptors (Lipinski definition) is 4. The second-order valence-corrected chi connectivity index (χ2v) is 7.14. The summed E-state index contributed by atoms with van der Waals surface area (Å²) in [6.45, 7) is 0. The van der Waals surface area contributed by atoms with Crippen molar-refractivity contribution in [2.24, 2.45) is 0 Å². The van der Waals surface area contributed by atoms with Crippen molar-refractivity contribution < 1.29 is 13.7 Å². The van der Waals surface area contributed by atoms with Crippen LogP contribution in [0.5, 0.6) is 0 Å². The Hall–Kier alpha value is -2.60. The molecule has 0 unspecified atom stereocenters. The lowest BCUT2D eigenvalue weighted by molar-refractivity contribution is -0.118. The molecule has 3 aromatic rings. The van der Waals surface area contributed by atoms with Crippen molar-refractivity contribution in [2.75, 3.05) is 11.6 Å². The van der Waals surface area contributed by atoms with Crippen LogP contribution in [0.1, 0.15) is 18.5 Å². The van der Waals surface area contributed by atoms with E-state index in [2.05, 4.69) is 10.5 Å². The summed E-state index contributed by atoms with van der Waals surface area (Å²) in [4.78, 5) is 13.9. The molecule has 0 saturated heterocycles. The predicted octanol–water partition coefficient (Wildman–Crippen LogP) is 4.87. The van der Waals surface area contributed by atoms with Gasteiger partial charge in [0.05, 0.1) is 22.4 Å². The fourth-order valence-corrected chi connectivity index (χ4v) is 3.56. The first-order valence-electron chi connectivity index (χ1n) is 8.30. The Kier molecular flexibility index (Phi) is 4.28. The van der Waals surface area contributed by atoms with Crippen molar-refractivity contribution in [3.05, 3.63) is 66.1 Å². The number of thioether (sulfide) groups is 1. The van der Waals surface area contributed by atoms with Crippen LogP contribution >= 0.6 is 11.8 Å². The number of carbonyl (C=O) groups is 1. The molecule has 1 fully saturated rings. The summed E-state index contributed by atoms with van der Waals surface area (Å²) in [6, 6.07) is 15.7. The Labute approximate surface area is 154 Å². The molecule has 0 aliphatic heterocycles. The number of anilines is 1. The predicted molar refractivity (Wildman–Crippen MR) is 99.7 cm³/mol. The van der Waals surface area contributed by atoms with Gasteiger partial charge in [-0.15, -0.1) is 11.8 Å². The van der Waals surface area contributed by atoms with Crippen molar-refractivity contribution in [1.29, 1.82) is 0 Å². The minimum atomic E-state index is -0.696. The van der Waals surface area contributed by atoms with Crippen molar-refractivity contribution in [3.8, 4) is 11.3 Å². The summed E-state index contributed by atoms with van der Waals surface area (Å²) in [5, 5.41) is 7.07. The van der Waals surface area contributed by atoms with E-state index < -0.39 is 5.41 Å². The SMILES string of the molecule is CSc1ccccc1NC(=O)C1(c2cc(-c3ccccc3F)on2)CC1. The zero-order valence-electron chi connectivity index (χ0n) is 14.2. The smallest absolute Gasteiger partial charge is 0.236 e. The van der Waals surface area contributed by atoms with Crippen molar-refractivity contribution in [2.45, 2.75) is 23.2 Å². The van der Waals surface area contributed by atoms with Gasteiger partial charge in [-0.3, -0.25) is 4.79 Å². The summed E-state index contributed by atoms with van der Waals surface area (Å²) < 4.78 is 19.3. The zero-order valence-corrected chi connectivity index (χ0v) is 15.0. The summed E-state index contributed by atoms with van der Waals surface area (Å²) in [6.07, 6.45) is 3.36. The summed E-state index contributed by atoms with van der Waals surface area (Å²) >= 11 is 1.58. The number of nitrogens with zero attached hydrogens (tertiary/aromatic N) is 1. The molecule has 0 radical (unpaired) electrons. The Balaban J connectivity index is 1.60. The molecule has 6 heteroatoms. The first-order chi connectivity index (χ1) is 12.6. The van der Waals surface area contributed by atoms with Crippen LogP contribution in [0, 0.1) is 5.82 Å². The average molecular weight is 368 g/mol. The molecular formula is C20H17FN2O2S. The van der Waals surface area contributed by atoms with Gasteiger partial charge in [0.15, 0.2) is 5.76 Å². The molecule has 2 aromatic carbocycles. The number of carbonyl (C=O) groups excluding carboxylic acids is 1. The average Bonchev–Trinajstić information content (AvgIpc) is 3.33. The highest BCUT2D eigenvalue weighted by atomic mass is 32.2. The van der Waals surface area contributed by atoms with Crippen LogP contribution in [0.25, 0.3) is 11.3 Å². The molecular weight excluding hydrogens is 351 g/mol. The van der Waals surface area contributed by atoms with Gasteiger partial charge in [-0.2, -0.15) is 0 Å². The third-order valence-corrected chi connectivity index (χ3v) is 5.48. The maximum atomic E-state index is 14.0. The van der Waals surface area contributed by atoms with E-state index in [1.165, 1.54) is 6.07 Å². The van der Waals surface area contributed by atoms with Crippen LogP contribution < -0.4 is 5.32 Å². The van der Waals surface area contributed by atoms with Gasteiger partial charge >= 0.3 is 0 Å². The van der Waals surface area contributed by atoms with Crippen LogP contribution in [0.4, 0.5) is 10.1 Å². The highest BCUT2D eigenvalue weighted by Gasteiger charge is 2.54. The van der Waals surface area contributed by atoms with E-state index in [-0.39, 0.29) is 11.7 Å². The Morgan fingerprint density at radius 3 is 2.65 bits per heavy atom. The largest absolute Gasteiger partial charge is 0.356 e. The fourth-order valence-electron chi connectivity index (χ4n) is 3.00. The monoisotopic (exact) mass is 368 g/mol. The van der Waals surface area contributed by atoms with Crippen LogP contribution in [0.15, 0.2) is 64.0 Å². The summed E-state index contributed by atoms with van der Waals surface area (Å²) in [7, 11) is 0. The van der Waals surface area contributed by atoms with E-state index >= 15 is 0 Å². The Morgan fingerprint density at radius 2 is 1.92 bits per heavy atom. The number of hydrogen-bond donors (Lipinski definition) is 1. The molecule has 4 rings (SSSR count). The molecule has 1 heterocycles. The topological polar surface area (TPSA) is 55.1 Å². The van der Waals surface area contributed by atoms with Gasteiger partial charge in [0, 0.05) is 11.0 Å². The lowest BCUT2D eigenvalue weighted by Gasteiger charge is -2.14. The van der Waals surface area contributed by atoms with Crippen LogP contribution in [0.3, 0.4) is 0 Å². The maximum Gasteiger partial charge on any atom is 0.236 e. The molecule has 1 aromatic heterocycles. The van der Waals surface area contributed by atoms with Gasteiger partial charge in [-0.25, -0.2) is 4.39 Å². The molecule has 1 aliphatic carbocycles. The van der Waals surface area contributed by atoms with Crippen molar-refractivity contribution in [3.63, 3.8) is 0 Å². The zero-order chi connectivity index (χ0) is 18.1. The maximum absolute atomic E-state index is 14.0. The molecule has 26 heavy (non-hydrogen) atoms. The van der Waals surface area contributed by atoms with Crippen LogP contribution in [-0.2, 0) is 10.2 Å². The van der Waals surface area contributed by atoms with E-state index in [4.69, 9.17) is 4.52 Å². The van der Waals surface area contributed by atoms with E-state index in [0.29, 0.717) is 29.9 Å². The molecule has 0 atom stereocenters. The van der Waals surface area contributed by atoms with Gasteiger partial charge in [0.1, 0.15) is 5.82 Å². The van der Waals surface area contributed by atoms with E-state index in [9.17, 15) is 9.18 Å². The third kappa shape index (κ3) is 2.90. The van der Waals surface area contributed by atoms with Gasteiger partial charge in [-0.05, 0) is 43.4 Å². The molecule has 1 N–H and O–H groups in total. The third-order valence-electron chi connectivity index (χ3n) is 4.68. The molecule has 4 nitrogen and oxygen atoms in total. The molecule has 0 spiro atoms. The number of nitrogens with one attached hydrogen (secondary N) is 1. The first kappa shape index (κ1) is 16.8. The first-order valence-corrected chi connectivity index (χ1v) is 9.53. The fraction of sp³-hybridized carbons (Fsp3) is 0.200. The van der Waals surface area contributed by atoms with Gasteiger partial charge < -0.3 is 9.84 Å². The number of rotatable bonds is 5. The second kappa shape index (κ2) is 6.61.